The molecular weight excluding hydrogens is 164 g/mol. The Morgan fingerprint density at radius 2 is 2.08 bits per heavy atom. The van der Waals surface area contributed by atoms with Crippen molar-refractivity contribution in [1.82, 2.24) is 0 Å². The maximum absolute atomic E-state index is 5.44. The van der Waals surface area contributed by atoms with E-state index in [2.05, 4.69) is 26.0 Å². The van der Waals surface area contributed by atoms with Gasteiger partial charge in [-0.05, 0) is 30.5 Å². The van der Waals surface area contributed by atoms with E-state index in [1.807, 2.05) is 6.07 Å². The van der Waals surface area contributed by atoms with Crippen LogP contribution in [0.15, 0.2) is 18.2 Å². The fourth-order valence-corrected chi connectivity index (χ4v) is 1.21. The maximum atomic E-state index is 5.44. The lowest BCUT2D eigenvalue weighted by Crippen LogP contribution is -2.01. The fourth-order valence-electron chi connectivity index (χ4n) is 1.21. The molecule has 0 N–H and O–H groups in total. The molecule has 0 saturated carbocycles. The monoisotopic (exact) mass is 180 g/mol. The van der Waals surface area contributed by atoms with E-state index < -0.39 is 0 Å². The van der Waals surface area contributed by atoms with Gasteiger partial charge in [-0.3, -0.25) is 0 Å². The molecule has 0 spiro atoms. The van der Waals surface area contributed by atoms with Gasteiger partial charge in [-0.2, -0.15) is 0 Å². The van der Waals surface area contributed by atoms with Gasteiger partial charge in [0.1, 0.15) is 5.75 Å². The van der Waals surface area contributed by atoms with Crippen LogP contribution in [0.4, 0.5) is 0 Å². The number of methoxy groups -OCH3 is 1. The summed E-state index contributed by atoms with van der Waals surface area (Å²) >= 11 is 0. The first kappa shape index (κ1) is 10.1. The zero-order valence-corrected chi connectivity index (χ0v) is 8.46. The number of rotatable bonds is 4. The quantitative estimate of drug-likeness (QED) is 0.663. The van der Waals surface area contributed by atoms with E-state index in [9.17, 15) is 0 Å². The van der Waals surface area contributed by atoms with Crippen LogP contribution in [-0.4, -0.2) is 13.9 Å². The third-order valence-corrected chi connectivity index (χ3v) is 1.94. The molecule has 2 heteroatoms. The molecule has 72 valence electrons. The van der Waals surface area contributed by atoms with Crippen molar-refractivity contribution in [3.05, 3.63) is 29.3 Å². The Morgan fingerprint density at radius 1 is 1.31 bits per heavy atom. The van der Waals surface area contributed by atoms with Crippen molar-refractivity contribution in [1.29, 1.82) is 0 Å². The first-order valence-corrected chi connectivity index (χ1v) is 4.49. The highest BCUT2D eigenvalue weighted by molar-refractivity contribution is 5.36. The molecular formula is C11H16O2. The van der Waals surface area contributed by atoms with E-state index in [4.69, 9.17) is 9.47 Å². The molecule has 0 saturated heterocycles. The standard InChI is InChI=1S/C11H16O2/c1-4-10-6-5-9(2)7-11(10)13-8-12-3/h5-7H,4,8H2,1-3H3. The summed E-state index contributed by atoms with van der Waals surface area (Å²) in [6, 6.07) is 6.23. The lowest BCUT2D eigenvalue weighted by molar-refractivity contribution is 0.0504. The van der Waals surface area contributed by atoms with E-state index in [1.54, 1.807) is 7.11 Å². The number of benzene rings is 1. The summed E-state index contributed by atoms with van der Waals surface area (Å²) in [7, 11) is 1.63. The van der Waals surface area contributed by atoms with Crippen LogP contribution in [0.3, 0.4) is 0 Å². The van der Waals surface area contributed by atoms with Gasteiger partial charge in [0.2, 0.25) is 0 Å². The first-order chi connectivity index (χ1) is 6.27. The van der Waals surface area contributed by atoms with Crippen molar-refractivity contribution in [2.24, 2.45) is 0 Å². The van der Waals surface area contributed by atoms with Gasteiger partial charge in [0.15, 0.2) is 6.79 Å². The van der Waals surface area contributed by atoms with Crippen LogP contribution in [0.25, 0.3) is 0 Å². The van der Waals surface area contributed by atoms with Crippen LogP contribution in [0.2, 0.25) is 0 Å². The molecule has 0 unspecified atom stereocenters. The van der Waals surface area contributed by atoms with Gasteiger partial charge in [0, 0.05) is 7.11 Å². The van der Waals surface area contributed by atoms with E-state index in [-0.39, 0.29) is 0 Å². The van der Waals surface area contributed by atoms with Gasteiger partial charge < -0.3 is 9.47 Å². The molecule has 2 nitrogen and oxygen atoms in total. The maximum Gasteiger partial charge on any atom is 0.188 e. The van der Waals surface area contributed by atoms with E-state index in [1.165, 1.54) is 11.1 Å². The third kappa shape index (κ3) is 2.74. The summed E-state index contributed by atoms with van der Waals surface area (Å²) in [5.74, 6) is 0.935. The molecule has 1 aromatic carbocycles. The number of ether oxygens (including phenoxy) is 2. The number of aryl methyl sites for hydroxylation is 2. The van der Waals surface area contributed by atoms with Crippen LogP contribution >= 0.6 is 0 Å². The second-order valence-electron chi connectivity index (χ2n) is 3.02. The number of hydrogen-bond donors (Lipinski definition) is 0. The molecule has 0 aromatic heterocycles. The molecule has 0 radical (unpaired) electrons. The Morgan fingerprint density at radius 3 is 2.69 bits per heavy atom. The van der Waals surface area contributed by atoms with Crippen molar-refractivity contribution in [3.8, 4) is 5.75 Å². The normalized spacial score (nSPS) is 10.1. The summed E-state index contributed by atoms with van der Waals surface area (Å²) < 4.78 is 10.3. The van der Waals surface area contributed by atoms with Crippen molar-refractivity contribution in [2.45, 2.75) is 20.3 Å². The minimum Gasteiger partial charge on any atom is -0.467 e. The second kappa shape index (κ2) is 4.87. The molecule has 0 heterocycles. The second-order valence-corrected chi connectivity index (χ2v) is 3.02. The number of hydrogen-bond acceptors (Lipinski definition) is 2. The largest absolute Gasteiger partial charge is 0.467 e. The average molecular weight is 180 g/mol. The van der Waals surface area contributed by atoms with E-state index in [0.717, 1.165) is 12.2 Å². The Bertz CT molecular complexity index is 269. The van der Waals surface area contributed by atoms with E-state index in [0.29, 0.717) is 6.79 Å². The van der Waals surface area contributed by atoms with Gasteiger partial charge in [0.25, 0.3) is 0 Å². The molecule has 0 fully saturated rings. The highest BCUT2D eigenvalue weighted by Crippen LogP contribution is 2.20. The van der Waals surface area contributed by atoms with Gasteiger partial charge in [0.05, 0.1) is 0 Å². The van der Waals surface area contributed by atoms with Crippen LogP contribution in [0, 0.1) is 6.92 Å². The molecule has 0 aliphatic heterocycles. The first-order valence-electron chi connectivity index (χ1n) is 4.49. The van der Waals surface area contributed by atoms with Gasteiger partial charge in [-0.25, -0.2) is 0 Å². The summed E-state index contributed by atoms with van der Waals surface area (Å²) in [6.45, 7) is 4.49. The minimum absolute atomic E-state index is 0.316. The van der Waals surface area contributed by atoms with Crippen molar-refractivity contribution in [3.63, 3.8) is 0 Å². The van der Waals surface area contributed by atoms with Gasteiger partial charge in [-0.1, -0.05) is 19.1 Å². The Hall–Kier alpha value is -1.02. The zero-order chi connectivity index (χ0) is 9.68. The average Bonchev–Trinajstić information content (AvgIpc) is 2.15. The fraction of sp³-hybridized carbons (Fsp3) is 0.455. The topological polar surface area (TPSA) is 18.5 Å². The SMILES string of the molecule is CCc1ccc(C)cc1OCOC. The zero-order valence-electron chi connectivity index (χ0n) is 8.46. The van der Waals surface area contributed by atoms with Gasteiger partial charge in [-0.15, -0.1) is 0 Å². The summed E-state index contributed by atoms with van der Waals surface area (Å²) in [5, 5.41) is 0. The van der Waals surface area contributed by atoms with Crippen molar-refractivity contribution in [2.75, 3.05) is 13.9 Å². The van der Waals surface area contributed by atoms with Crippen LogP contribution in [0.5, 0.6) is 5.75 Å². The third-order valence-electron chi connectivity index (χ3n) is 1.94. The van der Waals surface area contributed by atoms with Crippen LogP contribution in [0.1, 0.15) is 18.1 Å². The van der Waals surface area contributed by atoms with Crippen LogP contribution < -0.4 is 4.74 Å². The molecule has 13 heavy (non-hydrogen) atoms. The predicted molar refractivity (Wildman–Crippen MR) is 53.1 cm³/mol. The summed E-state index contributed by atoms with van der Waals surface area (Å²) in [4.78, 5) is 0. The molecule has 1 aromatic rings. The van der Waals surface area contributed by atoms with Crippen LogP contribution in [-0.2, 0) is 11.2 Å². The molecule has 0 amide bonds. The Balaban J connectivity index is 2.81. The molecule has 0 aliphatic rings. The summed E-state index contributed by atoms with van der Waals surface area (Å²) in [5.41, 5.74) is 2.44. The van der Waals surface area contributed by atoms with Gasteiger partial charge >= 0.3 is 0 Å². The van der Waals surface area contributed by atoms with Crippen molar-refractivity contribution >= 4 is 0 Å². The minimum atomic E-state index is 0.316. The van der Waals surface area contributed by atoms with Crippen molar-refractivity contribution < 1.29 is 9.47 Å². The molecule has 0 bridgehead atoms. The molecule has 0 aliphatic carbocycles. The summed E-state index contributed by atoms with van der Waals surface area (Å²) in [6.07, 6.45) is 0.985. The highest BCUT2D eigenvalue weighted by Gasteiger charge is 2.01. The Labute approximate surface area is 79.5 Å². The molecule has 1 rings (SSSR count). The Kier molecular flexibility index (Phi) is 3.77. The van der Waals surface area contributed by atoms with E-state index >= 15 is 0 Å². The highest BCUT2D eigenvalue weighted by atomic mass is 16.7. The smallest absolute Gasteiger partial charge is 0.188 e. The lowest BCUT2D eigenvalue weighted by atomic mass is 10.1. The predicted octanol–water partition coefficient (Wildman–Crippen LogP) is 2.54. The molecule has 0 atom stereocenters. The lowest BCUT2D eigenvalue weighted by Gasteiger charge is -2.09.